The molecule has 0 heterocycles. The zero-order chi connectivity index (χ0) is 13.8. The van der Waals surface area contributed by atoms with Gasteiger partial charge in [-0.3, -0.25) is 0 Å². The average molecular weight is 264 g/mol. The Hall–Kier alpha value is -2.02. The van der Waals surface area contributed by atoms with Gasteiger partial charge in [0.25, 0.3) is 0 Å². The van der Waals surface area contributed by atoms with Gasteiger partial charge in [0, 0.05) is 0 Å². The number of benzene rings is 2. The van der Waals surface area contributed by atoms with E-state index in [9.17, 15) is 0 Å². The summed E-state index contributed by atoms with van der Waals surface area (Å²) in [7, 11) is 1.74. The maximum Gasteiger partial charge on any atom is 0.122 e. The van der Waals surface area contributed by atoms with Crippen molar-refractivity contribution >= 4 is 6.08 Å². The quantitative estimate of drug-likeness (QED) is 0.780. The molecule has 20 heavy (non-hydrogen) atoms. The molecule has 0 atom stereocenters. The second-order valence-corrected chi connectivity index (χ2v) is 5.31. The molecule has 0 spiro atoms. The molecule has 2 aromatic carbocycles. The average Bonchev–Trinajstić information content (AvgIpc) is 2.53. The van der Waals surface area contributed by atoms with E-state index in [1.807, 2.05) is 12.1 Å². The second kappa shape index (κ2) is 5.96. The van der Waals surface area contributed by atoms with Crippen molar-refractivity contribution in [3.05, 3.63) is 70.8 Å². The molecule has 2 aromatic rings. The van der Waals surface area contributed by atoms with Crippen molar-refractivity contribution < 1.29 is 4.74 Å². The van der Waals surface area contributed by atoms with Crippen LogP contribution in [0, 0.1) is 0 Å². The standard InChI is InChI=1S/C19H20O/c1-20-19-9-5-4-7-17(19)13-11-15-10-12-16-6-2-3-8-18(16)14-15/h2-9,14H,10-13H2,1H3. The van der Waals surface area contributed by atoms with Crippen LogP contribution in [0.2, 0.25) is 0 Å². The van der Waals surface area contributed by atoms with Gasteiger partial charge in [0.05, 0.1) is 7.11 Å². The molecule has 1 nitrogen and oxygen atoms in total. The summed E-state index contributed by atoms with van der Waals surface area (Å²) in [5.41, 5.74) is 5.73. The van der Waals surface area contributed by atoms with E-state index in [1.165, 1.54) is 29.5 Å². The van der Waals surface area contributed by atoms with Crippen LogP contribution in [0.3, 0.4) is 0 Å². The molecule has 1 aliphatic carbocycles. The third-order valence-corrected chi connectivity index (χ3v) is 4.04. The number of hydrogen-bond donors (Lipinski definition) is 0. The Morgan fingerprint density at radius 3 is 2.60 bits per heavy atom. The zero-order valence-corrected chi connectivity index (χ0v) is 11.9. The normalized spacial score (nSPS) is 13.6. The van der Waals surface area contributed by atoms with Crippen LogP contribution >= 0.6 is 0 Å². The lowest BCUT2D eigenvalue weighted by molar-refractivity contribution is 0.409. The van der Waals surface area contributed by atoms with Gasteiger partial charge in [-0.25, -0.2) is 0 Å². The fourth-order valence-electron chi connectivity index (χ4n) is 2.89. The Morgan fingerprint density at radius 1 is 0.900 bits per heavy atom. The summed E-state index contributed by atoms with van der Waals surface area (Å²) >= 11 is 0. The highest BCUT2D eigenvalue weighted by Gasteiger charge is 2.10. The van der Waals surface area contributed by atoms with Gasteiger partial charge in [-0.05, 0) is 48.4 Å². The summed E-state index contributed by atoms with van der Waals surface area (Å²) in [5, 5.41) is 0. The largest absolute Gasteiger partial charge is 0.496 e. The molecule has 0 fully saturated rings. The molecule has 0 aliphatic heterocycles. The van der Waals surface area contributed by atoms with Crippen LogP contribution in [0.15, 0.2) is 54.1 Å². The van der Waals surface area contributed by atoms with E-state index in [4.69, 9.17) is 4.74 Å². The summed E-state index contributed by atoms with van der Waals surface area (Å²) in [6.45, 7) is 0. The maximum absolute atomic E-state index is 5.42. The Balaban J connectivity index is 1.72. The highest BCUT2D eigenvalue weighted by molar-refractivity contribution is 5.59. The molecule has 0 N–H and O–H groups in total. The van der Waals surface area contributed by atoms with Crippen LogP contribution in [0.1, 0.15) is 29.5 Å². The lowest BCUT2D eigenvalue weighted by Crippen LogP contribution is -2.01. The minimum atomic E-state index is 1.00. The summed E-state index contributed by atoms with van der Waals surface area (Å²) in [6, 6.07) is 17.0. The number of methoxy groups -OCH3 is 1. The molecule has 0 bridgehead atoms. The van der Waals surface area contributed by atoms with Crippen LogP contribution in [-0.2, 0) is 12.8 Å². The number of allylic oxidation sites excluding steroid dienone is 1. The lowest BCUT2D eigenvalue weighted by Gasteiger charge is -2.17. The van der Waals surface area contributed by atoms with Crippen molar-refractivity contribution in [3.8, 4) is 5.75 Å². The van der Waals surface area contributed by atoms with Crippen LogP contribution in [0.4, 0.5) is 0 Å². The van der Waals surface area contributed by atoms with Crippen LogP contribution in [-0.4, -0.2) is 7.11 Å². The van der Waals surface area contributed by atoms with Crippen molar-refractivity contribution in [2.75, 3.05) is 7.11 Å². The van der Waals surface area contributed by atoms with E-state index in [-0.39, 0.29) is 0 Å². The van der Waals surface area contributed by atoms with Crippen LogP contribution in [0.25, 0.3) is 6.08 Å². The van der Waals surface area contributed by atoms with Crippen molar-refractivity contribution in [3.63, 3.8) is 0 Å². The molecular formula is C19H20O. The molecule has 0 saturated carbocycles. The first-order chi connectivity index (χ1) is 9.86. The van der Waals surface area contributed by atoms with Gasteiger partial charge in [-0.15, -0.1) is 0 Å². The third-order valence-electron chi connectivity index (χ3n) is 4.04. The van der Waals surface area contributed by atoms with E-state index >= 15 is 0 Å². The summed E-state index contributed by atoms with van der Waals surface area (Å²) in [5.74, 6) is 1.00. The minimum absolute atomic E-state index is 1.00. The minimum Gasteiger partial charge on any atom is -0.496 e. The monoisotopic (exact) mass is 264 g/mol. The Labute approximate surface area is 120 Å². The Morgan fingerprint density at radius 2 is 1.70 bits per heavy atom. The summed E-state index contributed by atoms with van der Waals surface area (Å²) < 4.78 is 5.42. The molecule has 0 amide bonds. The highest BCUT2D eigenvalue weighted by atomic mass is 16.5. The number of aryl methyl sites for hydroxylation is 2. The van der Waals surface area contributed by atoms with Crippen LogP contribution < -0.4 is 4.74 Å². The SMILES string of the molecule is COc1ccccc1CCC1=Cc2ccccc2CC1. The fourth-order valence-corrected chi connectivity index (χ4v) is 2.89. The second-order valence-electron chi connectivity index (χ2n) is 5.31. The molecule has 102 valence electrons. The predicted molar refractivity (Wildman–Crippen MR) is 84.1 cm³/mol. The third kappa shape index (κ3) is 2.77. The molecule has 0 radical (unpaired) electrons. The Kier molecular flexibility index (Phi) is 3.87. The van der Waals surface area contributed by atoms with Crippen molar-refractivity contribution in [2.45, 2.75) is 25.7 Å². The fraction of sp³-hybridized carbons (Fsp3) is 0.263. The zero-order valence-electron chi connectivity index (χ0n) is 11.9. The van der Waals surface area contributed by atoms with Crippen LogP contribution in [0.5, 0.6) is 5.75 Å². The number of ether oxygens (including phenoxy) is 1. The number of fused-ring (bicyclic) bond motifs is 1. The van der Waals surface area contributed by atoms with Gasteiger partial charge in [-0.2, -0.15) is 0 Å². The smallest absolute Gasteiger partial charge is 0.122 e. The van der Waals surface area contributed by atoms with Gasteiger partial charge in [0.1, 0.15) is 5.75 Å². The summed E-state index contributed by atoms with van der Waals surface area (Å²) in [6.07, 6.45) is 6.90. The number of hydrogen-bond acceptors (Lipinski definition) is 1. The van der Waals surface area contributed by atoms with Gasteiger partial charge < -0.3 is 4.74 Å². The highest BCUT2D eigenvalue weighted by Crippen LogP contribution is 2.28. The topological polar surface area (TPSA) is 9.23 Å². The van der Waals surface area contributed by atoms with Crippen molar-refractivity contribution in [2.24, 2.45) is 0 Å². The van der Waals surface area contributed by atoms with Gasteiger partial charge in [0.2, 0.25) is 0 Å². The summed E-state index contributed by atoms with van der Waals surface area (Å²) in [4.78, 5) is 0. The predicted octanol–water partition coefficient (Wildman–Crippen LogP) is 4.66. The molecule has 0 unspecified atom stereocenters. The molecular weight excluding hydrogens is 244 g/mol. The Bertz CT molecular complexity index is 625. The van der Waals surface area contributed by atoms with E-state index < -0.39 is 0 Å². The van der Waals surface area contributed by atoms with Gasteiger partial charge >= 0.3 is 0 Å². The first kappa shape index (κ1) is 13.0. The van der Waals surface area contributed by atoms with E-state index in [0.29, 0.717) is 0 Å². The number of para-hydroxylation sites is 1. The van der Waals surface area contributed by atoms with Crippen molar-refractivity contribution in [1.82, 2.24) is 0 Å². The first-order valence-electron chi connectivity index (χ1n) is 7.26. The van der Waals surface area contributed by atoms with E-state index in [1.54, 1.807) is 12.7 Å². The molecule has 0 saturated heterocycles. The maximum atomic E-state index is 5.42. The van der Waals surface area contributed by atoms with Crippen molar-refractivity contribution in [1.29, 1.82) is 0 Å². The van der Waals surface area contributed by atoms with Gasteiger partial charge in [-0.1, -0.05) is 54.1 Å². The first-order valence-corrected chi connectivity index (χ1v) is 7.26. The molecule has 3 rings (SSSR count). The van der Waals surface area contributed by atoms with E-state index in [0.717, 1.165) is 18.6 Å². The lowest BCUT2D eigenvalue weighted by atomic mass is 9.89. The number of rotatable bonds is 4. The molecule has 1 heteroatoms. The van der Waals surface area contributed by atoms with E-state index in [2.05, 4.69) is 42.5 Å². The molecule has 1 aliphatic rings. The van der Waals surface area contributed by atoms with Gasteiger partial charge in [0.15, 0.2) is 0 Å². The molecule has 0 aromatic heterocycles.